The number of benzene rings is 6. The third kappa shape index (κ3) is 7.50. The lowest BCUT2D eigenvalue weighted by atomic mass is 10.1. The first kappa shape index (κ1) is 37.2. The summed E-state index contributed by atoms with van der Waals surface area (Å²) in [5.41, 5.74) is 0.564. The van der Waals surface area contributed by atoms with Gasteiger partial charge in [0.1, 0.15) is 32.7 Å². The highest BCUT2D eigenvalue weighted by molar-refractivity contribution is 7.86. The Morgan fingerprint density at radius 2 is 0.907 bits per heavy atom. The van der Waals surface area contributed by atoms with Crippen LogP contribution in [-0.4, -0.2) is 54.0 Å². The lowest BCUT2D eigenvalue weighted by Crippen LogP contribution is -2.42. The number of phenolic OH excluding ortho intramolecular Hbond substituents is 2. The fraction of sp³-hybridized carbons (Fsp3) is 0.0541. The fourth-order valence-electron chi connectivity index (χ4n) is 5.91. The summed E-state index contributed by atoms with van der Waals surface area (Å²) >= 11 is 0. The number of rotatable bonds is 8. The molecule has 8 N–H and O–H groups in total. The Morgan fingerprint density at radius 3 is 1.26 bits per heavy atom. The van der Waals surface area contributed by atoms with Crippen molar-refractivity contribution in [2.45, 2.75) is 23.6 Å². The van der Waals surface area contributed by atoms with Crippen LogP contribution in [0.4, 0.5) is 27.5 Å². The molecule has 0 aliphatic heterocycles. The highest BCUT2D eigenvalue weighted by atomic mass is 32.2. The zero-order valence-electron chi connectivity index (χ0n) is 28.2. The van der Waals surface area contributed by atoms with Gasteiger partial charge in [-0.15, -0.1) is 0 Å². The SMILES string of the molecule is Cc1cc(Nc2c(S(=O)(=O)O)cc3ccccc3c2O)ccc1C(=O)NC(=O)NC(=O)c1ccc(Nc2c(S(=O)(=O)O)cc3ccccc3c2O)cc1C. The Kier molecular flexibility index (Phi) is 9.74. The Hall–Kier alpha value is -6.53. The molecule has 0 saturated carbocycles. The molecule has 0 aliphatic rings. The Bertz CT molecular complexity index is 2600. The molecule has 276 valence electrons. The number of amides is 4. The van der Waals surface area contributed by atoms with Crippen molar-refractivity contribution in [1.82, 2.24) is 10.6 Å². The number of hydrogen-bond donors (Lipinski definition) is 8. The molecular weight excluding hydrogens is 741 g/mol. The molecule has 0 atom stereocenters. The number of fused-ring (bicyclic) bond motifs is 2. The maximum atomic E-state index is 13.0. The summed E-state index contributed by atoms with van der Waals surface area (Å²) in [5, 5.41) is 32.8. The molecular formula is C37H30N4O11S2. The van der Waals surface area contributed by atoms with Crippen molar-refractivity contribution in [1.29, 1.82) is 0 Å². The predicted octanol–water partition coefficient (Wildman–Crippen LogP) is 6.28. The maximum absolute atomic E-state index is 13.0. The van der Waals surface area contributed by atoms with Gasteiger partial charge in [0.25, 0.3) is 32.1 Å². The summed E-state index contributed by atoms with van der Waals surface area (Å²) in [6.07, 6.45) is 0. The Balaban J connectivity index is 1.15. The van der Waals surface area contributed by atoms with Crippen molar-refractivity contribution in [3.8, 4) is 11.5 Å². The first-order valence-corrected chi connectivity index (χ1v) is 18.7. The number of aromatic hydroxyl groups is 2. The number of urea groups is 1. The van der Waals surface area contributed by atoms with Gasteiger partial charge in [0.15, 0.2) is 0 Å². The second-order valence-electron chi connectivity index (χ2n) is 12.1. The molecule has 17 heteroatoms. The summed E-state index contributed by atoms with van der Waals surface area (Å²) in [5.74, 6) is -2.62. The summed E-state index contributed by atoms with van der Waals surface area (Å²) in [4.78, 5) is 37.5. The third-order valence-electron chi connectivity index (χ3n) is 8.46. The molecule has 0 heterocycles. The van der Waals surface area contributed by atoms with E-state index in [2.05, 4.69) is 21.3 Å². The van der Waals surface area contributed by atoms with Gasteiger partial charge in [0.05, 0.1) is 0 Å². The van der Waals surface area contributed by atoms with Gasteiger partial charge in [-0.25, -0.2) is 4.79 Å². The van der Waals surface area contributed by atoms with Crippen molar-refractivity contribution in [2.24, 2.45) is 0 Å². The number of nitrogens with one attached hydrogen (secondary N) is 4. The molecule has 0 unspecified atom stereocenters. The van der Waals surface area contributed by atoms with E-state index < -0.39 is 59.4 Å². The number of aryl methyl sites for hydroxylation is 2. The molecule has 0 fully saturated rings. The van der Waals surface area contributed by atoms with Gasteiger partial charge in [0.2, 0.25) is 0 Å². The molecule has 4 amide bonds. The summed E-state index contributed by atoms with van der Waals surface area (Å²) in [7, 11) is -9.55. The highest BCUT2D eigenvalue weighted by Gasteiger charge is 2.24. The van der Waals surface area contributed by atoms with Crippen LogP contribution in [0.25, 0.3) is 21.5 Å². The van der Waals surface area contributed by atoms with Crippen molar-refractivity contribution in [2.75, 3.05) is 10.6 Å². The summed E-state index contributed by atoms with van der Waals surface area (Å²) < 4.78 is 68.3. The number of hydrogen-bond acceptors (Lipinski definition) is 11. The van der Waals surface area contributed by atoms with E-state index >= 15 is 0 Å². The quantitative estimate of drug-likeness (QED) is 0.0628. The van der Waals surface area contributed by atoms with E-state index in [9.17, 15) is 50.5 Å². The van der Waals surface area contributed by atoms with Gasteiger partial charge < -0.3 is 20.8 Å². The zero-order valence-corrected chi connectivity index (χ0v) is 29.8. The van der Waals surface area contributed by atoms with E-state index in [1.54, 1.807) is 48.5 Å². The van der Waals surface area contributed by atoms with E-state index in [4.69, 9.17) is 0 Å². The standard InChI is InChI=1S/C37H30N4O11S2/c1-19-15-23(38-31-29(53(47,48)49)17-21-7-3-5-9-27(21)33(31)42)11-13-25(19)35(44)40-37(46)41-36(45)26-14-12-24(16-20(26)2)39-32-30(54(50,51)52)18-22-8-4-6-10-28(22)34(32)43/h3-18,38-39,42-43H,1-2H3,(H,47,48,49)(H,50,51,52)(H2,40,41,44,45,46). The van der Waals surface area contributed by atoms with Crippen LogP contribution in [-0.2, 0) is 20.2 Å². The lowest BCUT2D eigenvalue weighted by Gasteiger charge is -2.16. The number of anilines is 4. The molecule has 6 rings (SSSR count). The molecule has 0 aromatic heterocycles. The molecule has 0 aliphatic carbocycles. The number of carbonyl (C=O) groups excluding carboxylic acids is 3. The smallest absolute Gasteiger partial charge is 0.328 e. The number of phenols is 2. The van der Waals surface area contributed by atoms with Gasteiger partial charge in [-0.1, -0.05) is 48.5 Å². The Morgan fingerprint density at radius 1 is 0.537 bits per heavy atom. The first-order valence-electron chi connectivity index (χ1n) is 15.8. The van der Waals surface area contributed by atoms with Gasteiger partial charge in [-0.2, -0.15) is 16.8 Å². The Labute approximate surface area is 307 Å². The molecule has 54 heavy (non-hydrogen) atoms. The monoisotopic (exact) mass is 770 g/mol. The molecule has 15 nitrogen and oxygen atoms in total. The minimum absolute atomic E-state index is 0.0219. The average Bonchev–Trinajstić information content (AvgIpc) is 3.09. The van der Waals surface area contributed by atoms with Gasteiger partial charge >= 0.3 is 6.03 Å². The third-order valence-corrected chi connectivity index (χ3v) is 10.2. The second kappa shape index (κ2) is 14.1. The fourth-order valence-corrected chi connectivity index (χ4v) is 7.27. The van der Waals surface area contributed by atoms with Crippen LogP contribution in [0.1, 0.15) is 31.8 Å². The molecule has 0 bridgehead atoms. The van der Waals surface area contributed by atoms with Crippen molar-refractivity contribution in [3.63, 3.8) is 0 Å². The van der Waals surface area contributed by atoms with Crippen LogP contribution in [0.2, 0.25) is 0 Å². The minimum Gasteiger partial charge on any atom is -0.505 e. The van der Waals surface area contributed by atoms with Crippen LogP contribution in [0.15, 0.2) is 107 Å². The average molecular weight is 771 g/mol. The number of carbonyl (C=O) groups is 3. The van der Waals surface area contributed by atoms with Crippen LogP contribution in [0.5, 0.6) is 11.5 Å². The van der Waals surface area contributed by atoms with E-state index in [-0.39, 0.29) is 33.9 Å². The van der Waals surface area contributed by atoms with Gasteiger partial charge in [-0.05, 0) is 84.3 Å². The first-order chi connectivity index (χ1) is 25.4. The van der Waals surface area contributed by atoms with Crippen molar-refractivity contribution >= 4 is 82.4 Å². The number of imide groups is 2. The maximum Gasteiger partial charge on any atom is 0.328 e. The van der Waals surface area contributed by atoms with Crippen LogP contribution < -0.4 is 21.3 Å². The largest absolute Gasteiger partial charge is 0.505 e. The van der Waals surface area contributed by atoms with Crippen LogP contribution in [0.3, 0.4) is 0 Å². The van der Waals surface area contributed by atoms with Crippen molar-refractivity contribution in [3.05, 3.63) is 119 Å². The van der Waals surface area contributed by atoms with E-state index in [1.165, 1.54) is 62.4 Å². The van der Waals surface area contributed by atoms with Crippen molar-refractivity contribution < 1.29 is 50.5 Å². The zero-order chi connectivity index (χ0) is 39.1. The molecule has 6 aromatic carbocycles. The van der Waals surface area contributed by atoms with E-state index in [0.717, 1.165) is 0 Å². The molecule has 0 radical (unpaired) electrons. The highest BCUT2D eigenvalue weighted by Crippen LogP contribution is 2.41. The van der Waals surface area contributed by atoms with Gasteiger partial charge in [-0.3, -0.25) is 29.3 Å². The summed E-state index contributed by atoms with van der Waals surface area (Å²) in [6.45, 7) is 3.06. The molecule has 0 spiro atoms. The normalized spacial score (nSPS) is 11.6. The predicted molar refractivity (Wildman–Crippen MR) is 200 cm³/mol. The van der Waals surface area contributed by atoms with Gasteiger partial charge in [0, 0.05) is 33.3 Å². The topological polar surface area (TPSA) is 249 Å². The summed E-state index contributed by atoms with van der Waals surface area (Å²) in [6, 6.07) is 22.4. The van der Waals surface area contributed by atoms with E-state index in [0.29, 0.717) is 32.7 Å². The van der Waals surface area contributed by atoms with E-state index in [1.807, 2.05) is 0 Å². The lowest BCUT2D eigenvalue weighted by molar-refractivity contribution is 0.0944. The second-order valence-corrected chi connectivity index (χ2v) is 14.9. The van der Waals surface area contributed by atoms with Crippen LogP contribution in [0, 0.1) is 13.8 Å². The van der Waals surface area contributed by atoms with Crippen LogP contribution >= 0.6 is 0 Å². The minimum atomic E-state index is -4.77. The molecule has 0 saturated heterocycles. The molecule has 6 aromatic rings.